The van der Waals surface area contributed by atoms with E-state index in [4.69, 9.17) is 5.11 Å². The summed E-state index contributed by atoms with van der Waals surface area (Å²) in [6.45, 7) is 3.89. The van der Waals surface area contributed by atoms with Crippen LogP contribution in [-0.2, 0) is 11.3 Å². The van der Waals surface area contributed by atoms with Crippen LogP contribution in [0.4, 0.5) is 10.5 Å². The molecular formula is C13H23N5O3. The number of rotatable bonds is 8. The van der Waals surface area contributed by atoms with Gasteiger partial charge in [0, 0.05) is 19.3 Å². The molecule has 0 spiro atoms. The lowest BCUT2D eigenvalue weighted by molar-refractivity contribution is -0.137. The Labute approximate surface area is 124 Å². The third-order valence-corrected chi connectivity index (χ3v) is 2.88. The van der Waals surface area contributed by atoms with Gasteiger partial charge in [-0.2, -0.15) is 5.10 Å². The van der Waals surface area contributed by atoms with Crippen LogP contribution in [0.1, 0.15) is 13.3 Å². The van der Waals surface area contributed by atoms with Gasteiger partial charge >= 0.3 is 12.0 Å². The largest absolute Gasteiger partial charge is 0.480 e. The van der Waals surface area contributed by atoms with Gasteiger partial charge in [-0.15, -0.1) is 0 Å². The van der Waals surface area contributed by atoms with Crippen molar-refractivity contribution in [2.75, 3.05) is 39.0 Å². The summed E-state index contributed by atoms with van der Waals surface area (Å²) in [7, 11) is 3.99. The number of hydrogen-bond donors (Lipinski definition) is 2. The average molecular weight is 297 g/mol. The van der Waals surface area contributed by atoms with E-state index in [-0.39, 0.29) is 12.6 Å². The van der Waals surface area contributed by atoms with Crippen LogP contribution in [0.3, 0.4) is 0 Å². The van der Waals surface area contributed by atoms with Gasteiger partial charge in [-0.25, -0.2) is 4.79 Å². The molecule has 1 heterocycles. The quantitative estimate of drug-likeness (QED) is 0.739. The van der Waals surface area contributed by atoms with E-state index in [0.717, 1.165) is 13.0 Å². The molecule has 8 heteroatoms. The predicted molar refractivity (Wildman–Crippen MR) is 79.3 cm³/mol. The molecule has 0 saturated heterocycles. The highest BCUT2D eigenvalue weighted by molar-refractivity contribution is 5.89. The van der Waals surface area contributed by atoms with Gasteiger partial charge in [-0.1, -0.05) is 0 Å². The number of anilines is 1. The summed E-state index contributed by atoms with van der Waals surface area (Å²) in [5, 5.41) is 15.3. The van der Waals surface area contributed by atoms with Crippen LogP contribution in [0, 0.1) is 0 Å². The molecule has 0 saturated carbocycles. The second-order valence-corrected chi connectivity index (χ2v) is 4.99. The molecule has 1 aromatic heterocycles. The molecule has 21 heavy (non-hydrogen) atoms. The fraction of sp³-hybridized carbons (Fsp3) is 0.615. The lowest BCUT2D eigenvalue weighted by Crippen LogP contribution is -2.36. The Hall–Kier alpha value is -2.09. The highest BCUT2D eigenvalue weighted by Gasteiger charge is 2.12. The fourth-order valence-electron chi connectivity index (χ4n) is 1.84. The molecule has 2 N–H and O–H groups in total. The molecule has 0 aliphatic rings. The summed E-state index contributed by atoms with van der Waals surface area (Å²) in [4.78, 5) is 26.4. The van der Waals surface area contributed by atoms with Crippen molar-refractivity contribution in [1.82, 2.24) is 19.6 Å². The van der Waals surface area contributed by atoms with Crippen LogP contribution in [0.25, 0.3) is 0 Å². The maximum atomic E-state index is 12.1. The predicted octanol–water partition coefficient (Wildman–Crippen LogP) is 0.773. The van der Waals surface area contributed by atoms with Crippen molar-refractivity contribution >= 4 is 17.7 Å². The first kappa shape index (κ1) is 17.0. The van der Waals surface area contributed by atoms with E-state index < -0.39 is 5.97 Å². The minimum atomic E-state index is -0.977. The van der Waals surface area contributed by atoms with Crippen LogP contribution < -0.4 is 5.32 Å². The molecule has 0 bridgehead atoms. The molecule has 0 radical (unpaired) electrons. The standard InChI is InChI=1S/C13H23N5O3/c1-4-17(7-5-6-16(2)3)13(21)15-11-8-14-18(9-11)10-12(19)20/h8-9H,4-7,10H2,1-3H3,(H,15,21)(H,19,20). The Bertz CT molecular complexity index is 472. The fourth-order valence-corrected chi connectivity index (χ4v) is 1.84. The first-order chi connectivity index (χ1) is 9.92. The van der Waals surface area contributed by atoms with E-state index in [1.165, 1.54) is 17.1 Å². The molecule has 118 valence electrons. The van der Waals surface area contributed by atoms with Crippen molar-refractivity contribution in [2.24, 2.45) is 0 Å². The minimum absolute atomic E-state index is 0.203. The lowest BCUT2D eigenvalue weighted by atomic mass is 10.3. The smallest absolute Gasteiger partial charge is 0.325 e. The SMILES string of the molecule is CCN(CCCN(C)C)C(=O)Nc1cnn(CC(=O)O)c1. The number of hydrogen-bond acceptors (Lipinski definition) is 4. The van der Waals surface area contributed by atoms with Gasteiger partial charge in [-0.3, -0.25) is 9.48 Å². The van der Waals surface area contributed by atoms with Crippen molar-refractivity contribution in [2.45, 2.75) is 19.9 Å². The summed E-state index contributed by atoms with van der Waals surface area (Å²) in [5.41, 5.74) is 0.493. The number of carboxylic acids is 1. The van der Waals surface area contributed by atoms with E-state index in [9.17, 15) is 9.59 Å². The molecule has 2 amide bonds. The second-order valence-electron chi connectivity index (χ2n) is 4.99. The van der Waals surface area contributed by atoms with Crippen molar-refractivity contribution in [3.8, 4) is 0 Å². The minimum Gasteiger partial charge on any atom is -0.480 e. The Balaban J connectivity index is 2.49. The summed E-state index contributed by atoms with van der Waals surface area (Å²) in [6.07, 6.45) is 3.83. The number of carbonyl (C=O) groups is 2. The van der Waals surface area contributed by atoms with E-state index in [1.54, 1.807) is 4.90 Å². The van der Waals surface area contributed by atoms with Crippen molar-refractivity contribution in [3.05, 3.63) is 12.4 Å². The van der Waals surface area contributed by atoms with Crippen LogP contribution in [0.15, 0.2) is 12.4 Å². The van der Waals surface area contributed by atoms with Gasteiger partial charge in [0.25, 0.3) is 0 Å². The molecule has 0 fully saturated rings. The monoisotopic (exact) mass is 297 g/mol. The lowest BCUT2D eigenvalue weighted by Gasteiger charge is -2.21. The van der Waals surface area contributed by atoms with E-state index in [2.05, 4.69) is 15.3 Å². The van der Waals surface area contributed by atoms with E-state index in [1.807, 2.05) is 21.0 Å². The molecule has 0 aromatic carbocycles. The summed E-state index contributed by atoms with van der Waals surface area (Å²) in [5.74, 6) is -0.977. The Morgan fingerprint density at radius 3 is 2.67 bits per heavy atom. The van der Waals surface area contributed by atoms with Gasteiger partial charge in [0.2, 0.25) is 0 Å². The normalized spacial score (nSPS) is 10.7. The molecule has 0 unspecified atom stereocenters. The molecule has 8 nitrogen and oxygen atoms in total. The number of carboxylic acid groups (broad SMARTS) is 1. The zero-order chi connectivity index (χ0) is 15.8. The maximum Gasteiger partial charge on any atom is 0.325 e. The molecule has 0 aliphatic carbocycles. The summed E-state index contributed by atoms with van der Waals surface area (Å²) < 4.78 is 1.26. The number of carbonyl (C=O) groups excluding carboxylic acids is 1. The molecule has 1 rings (SSSR count). The van der Waals surface area contributed by atoms with Gasteiger partial charge in [-0.05, 0) is 34.0 Å². The molecular weight excluding hydrogens is 274 g/mol. The number of nitrogens with zero attached hydrogens (tertiary/aromatic N) is 4. The Morgan fingerprint density at radius 1 is 1.38 bits per heavy atom. The number of aliphatic carboxylic acids is 1. The summed E-state index contributed by atoms with van der Waals surface area (Å²) >= 11 is 0. The van der Waals surface area contributed by atoms with E-state index in [0.29, 0.717) is 18.8 Å². The van der Waals surface area contributed by atoms with Crippen LogP contribution >= 0.6 is 0 Å². The topological polar surface area (TPSA) is 90.7 Å². The number of aromatic nitrogens is 2. The third kappa shape index (κ3) is 6.26. The van der Waals surface area contributed by atoms with Crippen molar-refractivity contribution in [3.63, 3.8) is 0 Å². The van der Waals surface area contributed by atoms with Gasteiger partial charge < -0.3 is 20.2 Å². The van der Waals surface area contributed by atoms with Crippen molar-refractivity contribution in [1.29, 1.82) is 0 Å². The number of nitrogens with one attached hydrogen (secondary N) is 1. The van der Waals surface area contributed by atoms with E-state index >= 15 is 0 Å². The Kier molecular flexibility index (Phi) is 6.67. The zero-order valence-electron chi connectivity index (χ0n) is 12.7. The maximum absolute atomic E-state index is 12.1. The molecule has 0 atom stereocenters. The average Bonchev–Trinajstić information content (AvgIpc) is 2.80. The van der Waals surface area contributed by atoms with Crippen molar-refractivity contribution < 1.29 is 14.7 Å². The number of urea groups is 1. The number of amides is 2. The molecule has 1 aromatic rings. The van der Waals surface area contributed by atoms with Gasteiger partial charge in [0.1, 0.15) is 6.54 Å². The van der Waals surface area contributed by atoms with Crippen LogP contribution in [0.5, 0.6) is 0 Å². The highest BCUT2D eigenvalue weighted by atomic mass is 16.4. The first-order valence-electron chi connectivity index (χ1n) is 6.87. The van der Waals surface area contributed by atoms with Crippen LogP contribution in [-0.4, -0.2) is 70.4 Å². The Morgan fingerprint density at radius 2 is 2.10 bits per heavy atom. The zero-order valence-corrected chi connectivity index (χ0v) is 12.7. The van der Waals surface area contributed by atoms with Crippen LogP contribution in [0.2, 0.25) is 0 Å². The summed E-state index contributed by atoms with van der Waals surface area (Å²) in [6, 6.07) is -0.203. The third-order valence-electron chi connectivity index (χ3n) is 2.88. The highest BCUT2D eigenvalue weighted by Crippen LogP contribution is 2.07. The second kappa shape index (κ2) is 8.25. The van der Waals surface area contributed by atoms with Gasteiger partial charge in [0.15, 0.2) is 0 Å². The molecule has 0 aliphatic heterocycles. The first-order valence-corrected chi connectivity index (χ1v) is 6.87. The van der Waals surface area contributed by atoms with Gasteiger partial charge in [0.05, 0.1) is 11.9 Å².